The smallest absolute Gasteiger partial charge is 0.364 e. The first-order valence-electron chi connectivity index (χ1n) is 11.8. The van der Waals surface area contributed by atoms with Crippen molar-refractivity contribution in [2.45, 2.75) is 64.6 Å². The van der Waals surface area contributed by atoms with E-state index in [9.17, 15) is 4.79 Å². The van der Waals surface area contributed by atoms with Crippen molar-refractivity contribution < 1.29 is 14.0 Å². The first kappa shape index (κ1) is 24.0. The standard InChI is InChI=1S/C28H37N2O2/c1-20-11-16-26(21(2)25-9-7-6-8-10-25)27(17-20)32-28(31)22(3)30(4,5)19-24-14-12-23(18-29)13-15-24/h6-10,12-15,20-22,26-27H,11,16-17,19H2,1-5H3/q+1/t20-,21?,22+,26+,27-/m1/s1. The Morgan fingerprint density at radius 3 is 2.38 bits per heavy atom. The van der Waals surface area contributed by atoms with Crippen molar-refractivity contribution in [3.05, 3.63) is 71.3 Å². The van der Waals surface area contributed by atoms with Crippen molar-refractivity contribution in [2.24, 2.45) is 11.8 Å². The maximum Gasteiger partial charge on any atom is 0.364 e. The molecule has 4 heteroatoms. The summed E-state index contributed by atoms with van der Waals surface area (Å²) in [6, 6.07) is 20.1. The van der Waals surface area contributed by atoms with Gasteiger partial charge in [0.05, 0.1) is 25.7 Å². The van der Waals surface area contributed by atoms with Gasteiger partial charge in [0.1, 0.15) is 12.6 Å². The molecule has 1 aliphatic carbocycles. The van der Waals surface area contributed by atoms with Crippen molar-refractivity contribution in [3.63, 3.8) is 0 Å². The molecule has 1 saturated carbocycles. The fourth-order valence-electron chi connectivity index (χ4n) is 4.89. The third kappa shape index (κ3) is 5.78. The van der Waals surface area contributed by atoms with Crippen molar-refractivity contribution in [2.75, 3.05) is 14.1 Å². The Morgan fingerprint density at radius 1 is 1.09 bits per heavy atom. The number of nitrogens with zero attached hydrogens (tertiary/aromatic N) is 2. The molecule has 0 aromatic heterocycles. The van der Waals surface area contributed by atoms with Gasteiger partial charge >= 0.3 is 5.97 Å². The molecular weight excluding hydrogens is 396 g/mol. The summed E-state index contributed by atoms with van der Waals surface area (Å²) >= 11 is 0. The molecule has 32 heavy (non-hydrogen) atoms. The second kappa shape index (κ2) is 10.3. The van der Waals surface area contributed by atoms with Crippen LogP contribution in [0, 0.1) is 23.2 Å². The Hall–Kier alpha value is -2.64. The van der Waals surface area contributed by atoms with Crippen LogP contribution < -0.4 is 0 Å². The van der Waals surface area contributed by atoms with Crippen LogP contribution in [-0.2, 0) is 16.1 Å². The van der Waals surface area contributed by atoms with Gasteiger partial charge in [0.25, 0.3) is 0 Å². The Balaban J connectivity index is 1.69. The molecule has 170 valence electrons. The predicted molar refractivity (Wildman–Crippen MR) is 128 cm³/mol. The molecule has 4 nitrogen and oxygen atoms in total. The van der Waals surface area contributed by atoms with Gasteiger partial charge in [-0.1, -0.05) is 62.7 Å². The van der Waals surface area contributed by atoms with Gasteiger partial charge in [0.15, 0.2) is 6.04 Å². The zero-order valence-corrected chi connectivity index (χ0v) is 20.1. The van der Waals surface area contributed by atoms with Gasteiger partial charge < -0.3 is 9.22 Å². The van der Waals surface area contributed by atoms with Crippen LogP contribution in [0.15, 0.2) is 54.6 Å². The van der Waals surface area contributed by atoms with Crippen LogP contribution in [-0.4, -0.2) is 36.7 Å². The van der Waals surface area contributed by atoms with Gasteiger partial charge in [0.2, 0.25) is 0 Å². The predicted octanol–water partition coefficient (Wildman–Crippen LogP) is 5.67. The van der Waals surface area contributed by atoms with E-state index in [1.165, 1.54) is 12.0 Å². The first-order valence-corrected chi connectivity index (χ1v) is 11.8. The lowest BCUT2D eigenvalue weighted by molar-refractivity contribution is -0.917. The molecule has 2 aromatic carbocycles. The van der Waals surface area contributed by atoms with E-state index in [4.69, 9.17) is 10.00 Å². The van der Waals surface area contributed by atoms with Crippen molar-refractivity contribution in [3.8, 4) is 6.07 Å². The largest absolute Gasteiger partial charge is 0.458 e. The summed E-state index contributed by atoms with van der Waals surface area (Å²) in [7, 11) is 4.13. The molecular formula is C28H37N2O2+. The van der Waals surface area contributed by atoms with Crippen LogP contribution in [0.4, 0.5) is 0 Å². The monoisotopic (exact) mass is 433 g/mol. The summed E-state index contributed by atoms with van der Waals surface area (Å²) < 4.78 is 6.75. The topological polar surface area (TPSA) is 50.1 Å². The number of nitriles is 1. The zero-order valence-electron chi connectivity index (χ0n) is 20.1. The highest BCUT2D eigenvalue weighted by molar-refractivity contribution is 5.74. The molecule has 2 aromatic rings. The second-order valence-corrected chi connectivity index (χ2v) is 10.2. The molecule has 0 bridgehead atoms. The van der Waals surface area contributed by atoms with Gasteiger partial charge in [-0.2, -0.15) is 5.26 Å². The molecule has 1 aliphatic rings. The van der Waals surface area contributed by atoms with E-state index in [1.807, 2.05) is 37.3 Å². The van der Waals surface area contributed by atoms with E-state index in [2.05, 4.69) is 58.3 Å². The first-order chi connectivity index (χ1) is 15.2. The van der Waals surface area contributed by atoms with E-state index in [0.717, 1.165) is 18.4 Å². The summed E-state index contributed by atoms with van der Waals surface area (Å²) in [5, 5.41) is 9.01. The lowest BCUT2D eigenvalue weighted by Gasteiger charge is -2.40. The minimum atomic E-state index is -0.282. The number of quaternary nitrogens is 1. The maximum absolute atomic E-state index is 13.3. The van der Waals surface area contributed by atoms with E-state index in [0.29, 0.717) is 34.3 Å². The van der Waals surface area contributed by atoms with Crippen LogP contribution >= 0.6 is 0 Å². The van der Waals surface area contributed by atoms with Gasteiger partial charge in [-0.3, -0.25) is 0 Å². The number of hydrogen-bond donors (Lipinski definition) is 0. The SMILES string of the molecule is CC(c1ccccc1)[C@@H]1CC[C@@H](C)C[C@H]1OC(=O)[C@H](C)[N+](C)(C)Cc1ccc(C#N)cc1. The Kier molecular flexibility index (Phi) is 7.74. The minimum Gasteiger partial charge on any atom is -0.458 e. The third-order valence-electron chi connectivity index (χ3n) is 7.40. The van der Waals surface area contributed by atoms with Crippen LogP contribution in [0.1, 0.15) is 62.6 Å². The molecule has 1 unspecified atom stereocenters. The average Bonchev–Trinajstić information content (AvgIpc) is 2.79. The van der Waals surface area contributed by atoms with Crippen LogP contribution in [0.25, 0.3) is 0 Å². The fraction of sp³-hybridized carbons (Fsp3) is 0.500. The van der Waals surface area contributed by atoms with Crippen LogP contribution in [0.5, 0.6) is 0 Å². The maximum atomic E-state index is 13.3. The molecule has 3 rings (SSSR count). The molecule has 0 radical (unpaired) electrons. The average molecular weight is 434 g/mol. The lowest BCUT2D eigenvalue weighted by Crippen LogP contribution is -2.52. The van der Waals surface area contributed by atoms with Crippen molar-refractivity contribution >= 4 is 5.97 Å². The highest BCUT2D eigenvalue weighted by Gasteiger charge is 2.39. The normalized spacial score (nSPS) is 23.1. The molecule has 0 amide bonds. The summed E-state index contributed by atoms with van der Waals surface area (Å²) in [6.45, 7) is 7.20. The number of benzene rings is 2. The second-order valence-electron chi connectivity index (χ2n) is 10.2. The number of carbonyl (C=O) groups is 1. The Labute approximate surface area is 193 Å². The summed E-state index contributed by atoms with van der Waals surface area (Å²) in [6.07, 6.45) is 3.17. The molecule has 0 saturated heterocycles. The van der Waals surface area contributed by atoms with Gasteiger partial charge in [-0.15, -0.1) is 0 Å². The molecule has 1 fully saturated rings. The Bertz CT molecular complexity index is 930. The number of likely N-dealkylation sites (N-methyl/N-ethyl adjacent to an activating group) is 1. The summed E-state index contributed by atoms with van der Waals surface area (Å²) in [5.74, 6) is 1.16. The highest BCUT2D eigenvalue weighted by atomic mass is 16.5. The number of esters is 1. The van der Waals surface area contributed by atoms with Gasteiger partial charge in [-0.25, -0.2) is 4.79 Å². The molecule has 0 heterocycles. The van der Waals surface area contributed by atoms with Crippen LogP contribution in [0.2, 0.25) is 0 Å². The fourth-order valence-corrected chi connectivity index (χ4v) is 4.89. The Morgan fingerprint density at radius 2 is 1.75 bits per heavy atom. The van der Waals surface area contributed by atoms with E-state index in [1.54, 1.807) is 0 Å². The minimum absolute atomic E-state index is 0.0428. The number of carbonyl (C=O) groups excluding carboxylic acids is 1. The highest BCUT2D eigenvalue weighted by Crippen LogP contribution is 2.40. The van der Waals surface area contributed by atoms with E-state index in [-0.39, 0.29) is 18.1 Å². The number of rotatable bonds is 7. The van der Waals surface area contributed by atoms with Gasteiger partial charge in [-0.05, 0) is 49.3 Å². The summed E-state index contributed by atoms with van der Waals surface area (Å²) in [5.41, 5.74) is 3.07. The quantitative estimate of drug-likeness (QED) is 0.417. The molecule has 0 aliphatic heterocycles. The number of ether oxygens (including phenoxy) is 1. The molecule has 5 atom stereocenters. The summed E-state index contributed by atoms with van der Waals surface area (Å²) in [4.78, 5) is 13.3. The zero-order chi connectivity index (χ0) is 23.3. The van der Waals surface area contributed by atoms with E-state index >= 15 is 0 Å². The number of hydrogen-bond acceptors (Lipinski definition) is 3. The van der Waals surface area contributed by atoms with Crippen molar-refractivity contribution in [1.29, 1.82) is 5.26 Å². The van der Waals surface area contributed by atoms with Gasteiger partial charge in [0, 0.05) is 11.5 Å². The van der Waals surface area contributed by atoms with Crippen LogP contribution in [0.3, 0.4) is 0 Å². The molecule has 0 spiro atoms. The lowest BCUT2D eigenvalue weighted by atomic mass is 9.73. The third-order valence-corrected chi connectivity index (χ3v) is 7.40. The van der Waals surface area contributed by atoms with Crippen molar-refractivity contribution in [1.82, 2.24) is 0 Å². The van der Waals surface area contributed by atoms with E-state index < -0.39 is 0 Å². The molecule has 0 N–H and O–H groups in total.